The van der Waals surface area contributed by atoms with Gasteiger partial charge in [0.25, 0.3) is 0 Å². The van der Waals surface area contributed by atoms with Crippen molar-refractivity contribution in [3.63, 3.8) is 0 Å². The minimum Gasteiger partial charge on any atom is -0.489 e. The molecule has 0 aromatic heterocycles. The van der Waals surface area contributed by atoms with Crippen LogP contribution in [0.4, 0.5) is 0 Å². The molecule has 0 radical (unpaired) electrons. The van der Waals surface area contributed by atoms with Crippen molar-refractivity contribution in [2.24, 2.45) is 5.16 Å². The van der Waals surface area contributed by atoms with E-state index in [4.69, 9.17) is 9.84 Å². The van der Waals surface area contributed by atoms with Gasteiger partial charge in [-0.25, -0.2) is 4.79 Å². The van der Waals surface area contributed by atoms with Gasteiger partial charge in [-0.15, -0.1) is 0 Å². The predicted octanol–water partition coefficient (Wildman–Crippen LogP) is 5.13. The maximum Gasteiger partial charge on any atom is 0.344 e. The van der Waals surface area contributed by atoms with Gasteiger partial charge in [-0.2, -0.15) is 0 Å². The van der Waals surface area contributed by atoms with Crippen LogP contribution in [0.2, 0.25) is 0 Å². The monoisotopic (exact) mass is 439 g/mol. The lowest BCUT2D eigenvalue weighted by Crippen LogP contribution is -2.03. The first kappa shape index (κ1) is 19.6. The zero-order valence-corrected chi connectivity index (χ0v) is 16.5. The second-order valence-electron chi connectivity index (χ2n) is 5.97. The molecule has 0 saturated carbocycles. The molecule has 1 N–H and O–H groups in total. The Morgan fingerprint density at radius 2 is 1.79 bits per heavy atom. The molecule has 0 amide bonds. The lowest BCUT2D eigenvalue weighted by Gasteiger charge is -2.09. The van der Waals surface area contributed by atoms with Crippen molar-refractivity contribution in [3.05, 3.63) is 88.4 Å². The van der Waals surface area contributed by atoms with Crippen LogP contribution in [0.3, 0.4) is 0 Å². The second kappa shape index (κ2) is 9.71. The lowest BCUT2D eigenvalue weighted by atomic mass is 10.0. The number of hydrogen-bond donors (Lipinski definition) is 1. The number of halogens is 1. The number of nitrogens with zero attached hydrogens (tertiary/aromatic N) is 1. The molecule has 3 aromatic carbocycles. The van der Waals surface area contributed by atoms with Crippen LogP contribution in [0.15, 0.2) is 82.4 Å². The van der Waals surface area contributed by atoms with Gasteiger partial charge in [0.2, 0.25) is 6.61 Å². The first-order valence-corrected chi connectivity index (χ1v) is 9.34. The molecule has 0 fully saturated rings. The van der Waals surface area contributed by atoms with Crippen molar-refractivity contribution < 1.29 is 19.5 Å². The van der Waals surface area contributed by atoms with Crippen LogP contribution in [0.5, 0.6) is 5.75 Å². The van der Waals surface area contributed by atoms with Gasteiger partial charge in [-0.05, 0) is 46.5 Å². The Labute approximate surface area is 171 Å². The van der Waals surface area contributed by atoms with E-state index in [-0.39, 0.29) is 0 Å². The highest BCUT2D eigenvalue weighted by molar-refractivity contribution is 9.10. The van der Waals surface area contributed by atoms with Crippen LogP contribution in [0, 0.1) is 0 Å². The molecule has 0 aliphatic carbocycles. The fourth-order valence-corrected chi connectivity index (χ4v) is 2.96. The fraction of sp³-hybridized carbons (Fsp3) is 0.0909. The number of hydrogen-bond acceptors (Lipinski definition) is 4. The van der Waals surface area contributed by atoms with Crippen molar-refractivity contribution >= 4 is 28.1 Å². The number of benzene rings is 3. The van der Waals surface area contributed by atoms with Gasteiger partial charge in [0.15, 0.2) is 0 Å². The molecule has 5 nitrogen and oxygen atoms in total. The van der Waals surface area contributed by atoms with Gasteiger partial charge < -0.3 is 14.7 Å². The molecule has 0 unspecified atom stereocenters. The quantitative estimate of drug-likeness (QED) is 0.390. The third-order valence-corrected chi connectivity index (χ3v) is 4.33. The van der Waals surface area contributed by atoms with Gasteiger partial charge in [0, 0.05) is 4.47 Å². The molecule has 3 rings (SSSR count). The van der Waals surface area contributed by atoms with Gasteiger partial charge in [-0.1, -0.05) is 69.6 Å². The summed E-state index contributed by atoms with van der Waals surface area (Å²) in [6.45, 7) is 0.0376. The Bertz CT molecular complexity index is 970. The molecule has 0 saturated heterocycles. The largest absolute Gasteiger partial charge is 0.489 e. The summed E-state index contributed by atoms with van der Waals surface area (Å²) >= 11 is 3.46. The number of carboxylic acid groups (broad SMARTS) is 1. The van der Waals surface area contributed by atoms with Gasteiger partial charge in [0.1, 0.15) is 12.4 Å². The smallest absolute Gasteiger partial charge is 0.344 e. The van der Waals surface area contributed by atoms with Gasteiger partial charge >= 0.3 is 5.97 Å². The van der Waals surface area contributed by atoms with Crippen LogP contribution < -0.4 is 4.74 Å². The molecule has 6 heteroatoms. The van der Waals surface area contributed by atoms with E-state index in [1.165, 1.54) is 6.21 Å². The minimum atomic E-state index is -1.06. The standard InChI is InChI=1S/C22H18BrNO4/c23-20-5-1-3-17(11-20)14-27-21-6-2-4-19(12-21)18-9-7-16(8-10-18)13-24-28-15-22(25)26/h1-13H,14-15H2,(H,25,26). The number of carbonyl (C=O) groups is 1. The van der Waals surface area contributed by atoms with Crippen molar-refractivity contribution in [2.75, 3.05) is 6.61 Å². The molecule has 28 heavy (non-hydrogen) atoms. The summed E-state index contributed by atoms with van der Waals surface area (Å²) in [5.41, 5.74) is 3.98. The first-order chi connectivity index (χ1) is 13.6. The highest BCUT2D eigenvalue weighted by Gasteiger charge is 2.02. The Morgan fingerprint density at radius 3 is 2.54 bits per heavy atom. The summed E-state index contributed by atoms with van der Waals surface area (Å²) in [7, 11) is 0. The molecule has 0 heterocycles. The van der Waals surface area contributed by atoms with Gasteiger partial charge in [0.05, 0.1) is 6.21 Å². The Kier molecular flexibility index (Phi) is 6.81. The number of ether oxygens (including phenoxy) is 1. The molecule has 3 aromatic rings. The third-order valence-electron chi connectivity index (χ3n) is 3.84. The molecular weight excluding hydrogens is 422 g/mol. The molecule has 0 bridgehead atoms. The lowest BCUT2D eigenvalue weighted by molar-refractivity contribution is -0.142. The van der Waals surface area contributed by atoms with E-state index in [0.29, 0.717) is 6.61 Å². The topological polar surface area (TPSA) is 68.1 Å². The average Bonchev–Trinajstić information content (AvgIpc) is 2.70. The van der Waals surface area contributed by atoms with E-state index in [1.807, 2.05) is 72.8 Å². The van der Waals surface area contributed by atoms with Crippen LogP contribution >= 0.6 is 15.9 Å². The maximum absolute atomic E-state index is 10.4. The highest BCUT2D eigenvalue weighted by atomic mass is 79.9. The van der Waals surface area contributed by atoms with Gasteiger partial charge in [-0.3, -0.25) is 0 Å². The summed E-state index contributed by atoms with van der Waals surface area (Å²) in [6.07, 6.45) is 1.48. The van der Waals surface area contributed by atoms with Crippen molar-refractivity contribution in [1.82, 2.24) is 0 Å². The predicted molar refractivity (Wildman–Crippen MR) is 112 cm³/mol. The fourth-order valence-electron chi connectivity index (χ4n) is 2.51. The molecular formula is C22H18BrNO4. The van der Waals surface area contributed by atoms with E-state index in [9.17, 15) is 4.79 Å². The number of aliphatic carboxylic acids is 1. The second-order valence-corrected chi connectivity index (χ2v) is 6.89. The minimum absolute atomic E-state index is 0.457. The zero-order chi connectivity index (χ0) is 19.8. The molecule has 0 aliphatic heterocycles. The first-order valence-electron chi connectivity index (χ1n) is 8.55. The van der Waals surface area contributed by atoms with Crippen LogP contribution in [-0.4, -0.2) is 23.9 Å². The maximum atomic E-state index is 10.4. The van der Waals surface area contributed by atoms with E-state index >= 15 is 0 Å². The van der Waals surface area contributed by atoms with Crippen LogP contribution in [0.25, 0.3) is 11.1 Å². The van der Waals surface area contributed by atoms with Crippen molar-refractivity contribution in [1.29, 1.82) is 0 Å². The third kappa shape index (κ3) is 5.96. The molecule has 0 spiro atoms. The number of carboxylic acids is 1. The Morgan fingerprint density at radius 1 is 1.00 bits per heavy atom. The average molecular weight is 440 g/mol. The normalized spacial score (nSPS) is 10.8. The van der Waals surface area contributed by atoms with Crippen molar-refractivity contribution in [2.45, 2.75) is 6.61 Å². The van der Waals surface area contributed by atoms with E-state index in [0.717, 1.165) is 32.5 Å². The summed E-state index contributed by atoms with van der Waals surface area (Å²) in [5, 5.41) is 12.1. The van der Waals surface area contributed by atoms with E-state index < -0.39 is 12.6 Å². The molecule has 0 aliphatic rings. The Hall–Kier alpha value is -3.12. The Balaban J connectivity index is 1.63. The summed E-state index contributed by atoms with van der Waals surface area (Å²) < 4.78 is 6.94. The zero-order valence-electron chi connectivity index (χ0n) is 14.9. The highest BCUT2D eigenvalue weighted by Crippen LogP contribution is 2.25. The summed E-state index contributed by atoms with van der Waals surface area (Å²) in [6, 6.07) is 23.6. The van der Waals surface area contributed by atoms with Crippen molar-refractivity contribution in [3.8, 4) is 16.9 Å². The number of rotatable bonds is 8. The summed E-state index contributed by atoms with van der Waals surface area (Å²) in [4.78, 5) is 15.0. The van der Waals surface area contributed by atoms with E-state index in [1.54, 1.807) is 0 Å². The molecule has 142 valence electrons. The van der Waals surface area contributed by atoms with Crippen LogP contribution in [-0.2, 0) is 16.2 Å². The van der Waals surface area contributed by atoms with Crippen LogP contribution in [0.1, 0.15) is 11.1 Å². The molecule has 0 atom stereocenters. The summed E-state index contributed by atoms with van der Waals surface area (Å²) in [5.74, 6) is -0.264. The number of oxime groups is 1. The van der Waals surface area contributed by atoms with E-state index in [2.05, 4.69) is 25.9 Å². The SMILES string of the molecule is O=C(O)CON=Cc1ccc(-c2cccc(OCc3cccc(Br)c3)c2)cc1.